The van der Waals surface area contributed by atoms with Gasteiger partial charge in [-0.2, -0.15) is 0 Å². The summed E-state index contributed by atoms with van der Waals surface area (Å²) in [5, 5.41) is 5.98. The van der Waals surface area contributed by atoms with Crippen molar-refractivity contribution in [3.05, 3.63) is 58.4 Å². The second kappa shape index (κ2) is 7.49. The Balaban J connectivity index is 1.71. The van der Waals surface area contributed by atoms with Gasteiger partial charge in [-0.1, -0.05) is 26.0 Å². The number of nitrogens with zero attached hydrogens (tertiary/aromatic N) is 2. The summed E-state index contributed by atoms with van der Waals surface area (Å²) in [6, 6.07) is 6.08. The summed E-state index contributed by atoms with van der Waals surface area (Å²) in [6.07, 6.45) is 6.88. The van der Waals surface area contributed by atoms with E-state index >= 15 is 0 Å². The second-order valence-electron chi connectivity index (χ2n) is 9.46. The molecule has 30 heavy (non-hydrogen) atoms. The molecule has 0 atom stereocenters. The first kappa shape index (κ1) is 20.5. The number of aromatic nitrogens is 2. The Morgan fingerprint density at radius 2 is 2.07 bits per heavy atom. The number of allylic oxidation sites excluding steroid dienone is 1. The smallest absolute Gasteiger partial charge is 0.251 e. The quantitative estimate of drug-likeness (QED) is 0.786. The molecule has 0 fully saturated rings. The molecular weight excluding hydrogens is 379 g/mol. The molecule has 2 aliphatic rings. The van der Waals surface area contributed by atoms with Gasteiger partial charge in [-0.05, 0) is 61.9 Å². The fourth-order valence-corrected chi connectivity index (χ4v) is 4.07. The number of carbonyl (C=O) groups excluding carboxylic acids is 1. The molecule has 4 rings (SSSR count). The van der Waals surface area contributed by atoms with Gasteiger partial charge in [-0.15, -0.1) is 0 Å². The van der Waals surface area contributed by atoms with Gasteiger partial charge in [0.05, 0.1) is 12.2 Å². The number of anilines is 1. The van der Waals surface area contributed by atoms with E-state index in [1.807, 2.05) is 18.3 Å². The first-order valence-electron chi connectivity index (χ1n) is 10.6. The monoisotopic (exact) mass is 408 g/mol. The third-order valence-electron chi connectivity index (χ3n) is 5.79. The van der Waals surface area contributed by atoms with Crippen LogP contribution in [-0.4, -0.2) is 34.6 Å². The van der Waals surface area contributed by atoms with Crippen molar-refractivity contribution in [2.24, 2.45) is 0 Å². The van der Waals surface area contributed by atoms with Crippen LogP contribution >= 0.6 is 0 Å². The van der Waals surface area contributed by atoms with Gasteiger partial charge < -0.3 is 10.6 Å². The first-order chi connectivity index (χ1) is 14.1. The SMILES string of the molecule is CC(C)(F)CNc1ncc2c(n1)CCCC=C2c1ccc2c(c1)C(C)(C)CNC2=O. The van der Waals surface area contributed by atoms with Crippen LogP contribution < -0.4 is 10.6 Å². The minimum atomic E-state index is -1.33. The van der Waals surface area contributed by atoms with E-state index in [4.69, 9.17) is 0 Å². The van der Waals surface area contributed by atoms with Gasteiger partial charge in [0.15, 0.2) is 0 Å². The molecule has 1 aliphatic heterocycles. The van der Waals surface area contributed by atoms with Crippen LogP contribution in [0.15, 0.2) is 30.5 Å². The molecule has 5 nitrogen and oxygen atoms in total. The van der Waals surface area contributed by atoms with Gasteiger partial charge >= 0.3 is 0 Å². The number of hydrogen-bond donors (Lipinski definition) is 2. The lowest BCUT2D eigenvalue weighted by Crippen LogP contribution is -2.43. The topological polar surface area (TPSA) is 66.9 Å². The zero-order valence-electron chi connectivity index (χ0n) is 18.1. The van der Waals surface area contributed by atoms with Crippen LogP contribution in [0, 0.1) is 0 Å². The zero-order valence-corrected chi connectivity index (χ0v) is 18.1. The van der Waals surface area contributed by atoms with Crippen LogP contribution in [0.5, 0.6) is 0 Å². The van der Waals surface area contributed by atoms with E-state index in [9.17, 15) is 9.18 Å². The summed E-state index contributed by atoms with van der Waals surface area (Å²) in [5.74, 6) is 0.449. The van der Waals surface area contributed by atoms with Crippen molar-refractivity contribution in [2.45, 2.75) is 58.0 Å². The molecule has 0 saturated carbocycles. The molecule has 1 amide bonds. The molecule has 1 aromatic heterocycles. The Kier molecular flexibility index (Phi) is 5.12. The van der Waals surface area contributed by atoms with Gasteiger partial charge in [-0.25, -0.2) is 14.4 Å². The highest BCUT2D eigenvalue weighted by molar-refractivity contribution is 5.98. The molecule has 158 valence electrons. The summed E-state index contributed by atoms with van der Waals surface area (Å²) >= 11 is 0. The van der Waals surface area contributed by atoms with Crippen LogP contribution in [0.2, 0.25) is 0 Å². The maximum absolute atomic E-state index is 13.8. The van der Waals surface area contributed by atoms with Gasteiger partial charge in [-0.3, -0.25) is 4.79 Å². The van der Waals surface area contributed by atoms with Crippen molar-refractivity contribution in [1.82, 2.24) is 15.3 Å². The standard InChI is InChI=1S/C24H29FN4O/c1-23(2)13-27-21(30)17-10-9-15(11-19(17)23)16-7-5-6-8-20-18(16)12-26-22(29-20)28-14-24(3,4)25/h7,9-12H,5-6,8,13-14H2,1-4H3,(H,27,30)(H,26,28,29). The number of fused-ring (bicyclic) bond motifs is 2. The fraction of sp³-hybridized carbons (Fsp3) is 0.458. The van der Waals surface area contributed by atoms with Crippen molar-refractivity contribution >= 4 is 17.4 Å². The van der Waals surface area contributed by atoms with Crippen molar-refractivity contribution in [2.75, 3.05) is 18.4 Å². The molecule has 1 aliphatic carbocycles. The normalized spacial score (nSPS) is 17.9. The maximum Gasteiger partial charge on any atom is 0.251 e. The lowest BCUT2D eigenvalue weighted by molar-refractivity contribution is 0.0930. The molecule has 2 aromatic rings. The maximum atomic E-state index is 13.8. The van der Waals surface area contributed by atoms with E-state index in [1.165, 1.54) is 13.8 Å². The summed E-state index contributed by atoms with van der Waals surface area (Å²) < 4.78 is 13.8. The highest BCUT2D eigenvalue weighted by Crippen LogP contribution is 2.35. The lowest BCUT2D eigenvalue weighted by Gasteiger charge is -2.33. The van der Waals surface area contributed by atoms with Gasteiger partial charge in [0.25, 0.3) is 5.91 Å². The zero-order chi connectivity index (χ0) is 21.5. The van der Waals surface area contributed by atoms with E-state index in [-0.39, 0.29) is 17.9 Å². The number of benzene rings is 1. The molecule has 0 spiro atoms. The average Bonchev–Trinajstić information content (AvgIpc) is 2.91. The number of nitrogens with one attached hydrogen (secondary N) is 2. The van der Waals surface area contributed by atoms with E-state index in [0.717, 1.165) is 52.8 Å². The Hall–Kier alpha value is -2.76. The summed E-state index contributed by atoms with van der Waals surface area (Å²) in [4.78, 5) is 21.4. The summed E-state index contributed by atoms with van der Waals surface area (Å²) in [6.45, 7) is 8.15. The Morgan fingerprint density at radius 1 is 1.27 bits per heavy atom. The third-order valence-corrected chi connectivity index (χ3v) is 5.79. The van der Waals surface area contributed by atoms with Gasteiger partial charge in [0.1, 0.15) is 5.67 Å². The van der Waals surface area contributed by atoms with Crippen LogP contribution in [0.4, 0.5) is 10.3 Å². The number of hydrogen-bond acceptors (Lipinski definition) is 4. The largest absolute Gasteiger partial charge is 0.351 e. The van der Waals surface area contributed by atoms with Crippen molar-refractivity contribution in [1.29, 1.82) is 0 Å². The van der Waals surface area contributed by atoms with E-state index in [2.05, 4.69) is 46.6 Å². The van der Waals surface area contributed by atoms with Gasteiger partial charge in [0, 0.05) is 29.3 Å². The number of amides is 1. The molecule has 6 heteroatoms. The lowest BCUT2D eigenvalue weighted by atomic mass is 9.77. The highest BCUT2D eigenvalue weighted by Gasteiger charge is 2.32. The number of rotatable bonds is 4. The minimum absolute atomic E-state index is 0.0130. The van der Waals surface area contributed by atoms with Crippen LogP contribution in [-0.2, 0) is 11.8 Å². The van der Waals surface area contributed by atoms with Crippen molar-refractivity contribution in [3.8, 4) is 0 Å². The molecular formula is C24H29FN4O. The predicted molar refractivity (Wildman–Crippen MR) is 118 cm³/mol. The molecule has 0 saturated heterocycles. The predicted octanol–water partition coefficient (Wildman–Crippen LogP) is 4.43. The average molecular weight is 409 g/mol. The van der Waals surface area contributed by atoms with Crippen LogP contribution in [0.25, 0.3) is 5.57 Å². The van der Waals surface area contributed by atoms with E-state index in [0.29, 0.717) is 12.5 Å². The van der Waals surface area contributed by atoms with Crippen molar-refractivity contribution < 1.29 is 9.18 Å². The van der Waals surface area contributed by atoms with Crippen LogP contribution in [0.1, 0.15) is 73.3 Å². The Morgan fingerprint density at radius 3 is 2.83 bits per heavy atom. The number of aryl methyl sites for hydroxylation is 1. The molecule has 2 N–H and O–H groups in total. The molecule has 0 unspecified atom stereocenters. The van der Waals surface area contributed by atoms with E-state index in [1.54, 1.807) is 0 Å². The summed E-state index contributed by atoms with van der Waals surface area (Å²) in [7, 11) is 0. The molecule has 1 aromatic carbocycles. The van der Waals surface area contributed by atoms with Gasteiger partial charge in [0.2, 0.25) is 5.95 Å². The minimum Gasteiger partial charge on any atom is -0.351 e. The fourth-order valence-electron chi connectivity index (χ4n) is 4.07. The second-order valence-corrected chi connectivity index (χ2v) is 9.46. The molecule has 0 bridgehead atoms. The van der Waals surface area contributed by atoms with E-state index < -0.39 is 5.67 Å². The highest BCUT2D eigenvalue weighted by atomic mass is 19.1. The molecule has 2 heterocycles. The number of halogens is 1. The Bertz CT molecular complexity index is 1020. The summed E-state index contributed by atoms with van der Waals surface area (Å²) in [5.41, 5.74) is 4.52. The first-order valence-corrected chi connectivity index (χ1v) is 10.6. The Labute approximate surface area is 177 Å². The third kappa shape index (κ3) is 4.09. The molecule has 0 radical (unpaired) electrons. The van der Waals surface area contributed by atoms with Crippen molar-refractivity contribution in [3.63, 3.8) is 0 Å². The number of carbonyl (C=O) groups is 1. The number of alkyl halides is 1. The van der Waals surface area contributed by atoms with Crippen LogP contribution in [0.3, 0.4) is 0 Å².